The van der Waals surface area contributed by atoms with E-state index in [2.05, 4.69) is 61.4 Å². The van der Waals surface area contributed by atoms with Crippen LogP contribution >= 0.6 is 31.9 Å². The Kier molecular flexibility index (Phi) is 5.43. The maximum atomic E-state index is 5.87. The van der Waals surface area contributed by atoms with Gasteiger partial charge >= 0.3 is 0 Å². The zero-order valence-electron chi connectivity index (χ0n) is 10.6. The lowest BCUT2D eigenvalue weighted by Gasteiger charge is -2.12. The highest BCUT2D eigenvalue weighted by atomic mass is 79.9. The zero-order valence-corrected chi connectivity index (χ0v) is 13.8. The fourth-order valence-corrected chi connectivity index (χ4v) is 3.30. The Balaban J connectivity index is 2.12. The molecule has 2 aromatic carbocycles. The van der Waals surface area contributed by atoms with Crippen LogP contribution in [0.2, 0.25) is 0 Å². The average Bonchev–Trinajstić information content (AvgIpc) is 2.39. The summed E-state index contributed by atoms with van der Waals surface area (Å²) in [6, 6.07) is 14.3. The summed E-state index contributed by atoms with van der Waals surface area (Å²) in [6.45, 7) is 1.39. The molecular weight excluding hydrogens is 370 g/mol. The number of rotatable bonds is 5. The Bertz CT molecular complexity index is 520. The van der Waals surface area contributed by atoms with Crippen molar-refractivity contribution < 1.29 is 4.74 Å². The lowest BCUT2D eigenvalue weighted by molar-refractivity contribution is 0.302. The third-order valence-corrected chi connectivity index (χ3v) is 3.84. The van der Waals surface area contributed by atoms with Gasteiger partial charge in [-0.1, -0.05) is 30.3 Å². The van der Waals surface area contributed by atoms with Gasteiger partial charge in [0.05, 0.1) is 8.95 Å². The Labute approximate surface area is 130 Å². The average molecular weight is 385 g/mol. The largest absolute Gasteiger partial charge is 0.487 e. The number of halogens is 2. The third-order valence-electron chi connectivity index (χ3n) is 2.66. The molecule has 0 fully saturated rings. The second kappa shape index (κ2) is 7.08. The number of nitrogens with one attached hydrogen (secondary N) is 1. The van der Waals surface area contributed by atoms with Gasteiger partial charge in [0.1, 0.15) is 12.4 Å². The first-order valence-electron chi connectivity index (χ1n) is 6.00. The minimum Gasteiger partial charge on any atom is -0.487 e. The summed E-state index contributed by atoms with van der Waals surface area (Å²) >= 11 is 7.12. The molecule has 4 heteroatoms. The van der Waals surface area contributed by atoms with Gasteiger partial charge in [-0.2, -0.15) is 0 Å². The fraction of sp³-hybridized carbons (Fsp3) is 0.200. The summed E-state index contributed by atoms with van der Waals surface area (Å²) in [4.78, 5) is 0. The minimum absolute atomic E-state index is 0.559. The van der Waals surface area contributed by atoms with Crippen LogP contribution < -0.4 is 10.1 Å². The van der Waals surface area contributed by atoms with E-state index in [-0.39, 0.29) is 0 Å². The second-order valence-corrected chi connectivity index (χ2v) is 5.90. The van der Waals surface area contributed by atoms with Gasteiger partial charge in [-0.3, -0.25) is 0 Å². The van der Waals surface area contributed by atoms with E-state index in [1.54, 1.807) is 0 Å². The number of ether oxygens (including phenoxy) is 1. The van der Waals surface area contributed by atoms with Gasteiger partial charge in [0.25, 0.3) is 0 Å². The molecule has 0 aliphatic carbocycles. The van der Waals surface area contributed by atoms with Crippen LogP contribution in [0.3, 0.4) is 0 Å². The molecular formula is C15H15Br2NO. The zero-order chi connectivity index (χ0) is 13.7. The van der Waals surface area contributed by atoms with Crippen molar-refractivity contribution in [2.45, 2.75) is 13.2 Å². The van der Waals surface area contributed by atoms with Gasteiger partial charge in [0, 0.05) is 6.54 Å². The molecule has 100 valence electrons. The van der Waals surface area contributed by atoms with Crippen molar-refractivity contribution in [3.63, 3.8) is 0 Å². The third kappa shape index (κ3) is 4.06. The lowest BCUT2D eigenvalue weighted by Crippen LogP contribution is -2.05. The molecule has 2 aromatic rings. The molecule has 0 aliphatic heterocycles. The molecule has 0 unspecified atom stereocenters. The van der Waals surface area contributed by atoms with Crippen LogP contribution in [0.4, 0.5) is 0 Å². The van der Waals surface area contributed by atoms with Crippen LogP contribution in [0.1, 0.15) is 11.1 Å². The standard InChI is InChI=1S/C15H15Br2NO/c1-18-9-12-7-13(16)15(14(17)8-12)19-10-11-5-3-2-4-6-11/h2-8,18H,9-10H2,1H3. The number of hydrogen-bond acceptors (Lipinski definition) is 2. The molecule has 0 amide bonds. The van der Waals surface area contributed by atoms with E-state index in [4.69, 9.17) is 4.74 Å². The smallest absolute Gasteiger partial charge is 0.148 e. The van der Waals surface area contributed by atoms with Crippen molar-refractivity contribution in [3.05, 3.63) is 62.5 Å². The first-order chi connectivity index (χ1) is 9.20. The maximum Gasteiger partial charge on any atom is 0.148 e. The topological polar surface area (TPSA) is 21.3 Å². The van der Waals surface area contributed by atoms with Gasteiger partial charge in [-0.05, 0) is 62.2 Å². The van der Waals surface area contributed by atoms with Crippen molar-refractivity contribution >= 4 is 31.9 Å². The molecule has 0 saturated heterocycles. The van der Waals surface area contributed by atoms with Crippen molar-refractivity contribution in [1.82, 2.24) is 5.32 Å². The van der Waals surface area contributed by atoms with Gasteiger partial charge in [0.2, 0.25) is 0 Å². The van der Waals surface area contributed by atoms with E-state index in [9.17, 15) is 0 Å². The van der Waals surface area contributed by atoms with Gasteiger partial charge in [-0.15, -0.1) is 0 Å². The van der Waals surface area contributed by atoms with E-state index in [0.717, 1.165) is 26.8 Å². The fourth-order valence-electron chi connectivity index (χ4n) is 1.79. The highest BCUT2D eigenvalue weighted by Gasteiger charge is 2.09. The van der Waals surface area contributed by atoms with Crippen LogP contribution in [-0.4, -0.2) is 7.05 Å². The van der Waals surface area contributed by atoms with Crippen LogP contribution in [0.15, 0.2) is 51.4 Å². The van der Waals surface area contributed by atoms with Gasteiger partial charge < -0.3 is 10.1 Å². The first kappa shape index (κ1) is 14.6. The highest BCUT2D eigenvalue weighted by molar-refractivity contribution is 9.11. The summed E-state index contributed by atoms with van der Waals surface area (Å²) in [5.41, 5.74) is 2.36. The van der Waals surface area contributed by atoms with Crippen LogP contribution in [0.25, 0.3) is 0 Å². The molecule has 2 nitrogen and oxygen atoms in total. The highest BCUT2D eigenvalue weighted by Crippen LogP contribution is 2.35. The van der Waals surface area contributed by atoms with Crippen molar-refractivity contribution in [3.8, 4) is 5.75 Å². The first-order valence-corrected chi connectivity index (χ1v) is 7.58. The molecule has 0 aromatic heterocycles. The van der Waals surface area contributed by atoms with Crippen molar-refractivity contribution in [2.75, 3.05) is 7.05 Å². The van der Waals surface area contributed by atoms with E-state index >= 15 is 0 Å². The normalized spacial score (nSPS) is 10.5. The lowest BCUT2D eigenvalue weighted by atomic mass is 10.2. The molecule has 0 saturated carbocycles. The summed E-state index contributed by atoms with van der Waals surface area (Å²) in [5, 5.41) is 3.13. The molecule has 19 heavy (non-hydrogen) atoms. The molecule has 0 aliphatic rings. The summed E-state index contributed by atoms with van der Waals surface area (Å²) in [5.74, 6) is 0.837. The summed E-state index contributed by atoms with van der Waals surface area (Å²) in [7, 11) is 1.93. The van der Waals surface area contributed by atoms with Crippen molar-refractivity contribution in [2.24, 2.45) is 0 Å². The Morgan fingerprint density at radius 3 is 2.21 bits per heavy atom. The SMILES string of the molecule is CNCc1cc(Br)c(OCc2ccccc2)c(Br)c1. The van der Waals surface area contributed by atoms with Gasteiger partial charge in [-0.25, -0.2) is 0 Å². The molecule has 0 bridgehead atoms. The number of hydrogen-bond donors (Lipinski definition) is 1. The molecule has 0 atom stereocenters. The molecule has 0 spiro atoms. The van der Waals surface area contributed by atoms with E-state index in [1.165, 1.54) is 5.56 Å². The summed E-state index contributed by atoms with van der Waals surface area (Å²) in [6.07, 6.45) is 0. The predicted molar refractivity (Wildman–Crippen MR) is 85.4 cm³/mol. The summed E-state index contributed by atoms with van der Waals surface area (Å²) < 4.78 is 7.79. The number of benzene rings is 2. The predicted octanol–water partition coefficient (Wildman–Crippen LogP) is 4.51. The molecule has 1 N–H and O–H groups in total. The van der Waals surface area contributed by atoms with E-state index in [0.29, 0.717) is 6.61 Å². The minimum atomic E-state index is 0.559. The quantitative estimate of drug-likeness (QED) is 0.818. The Hall–Kier alpha value is -0.840. The Morgan fingerprint density at radius 1 is 1.00 bits per heavy atom. The molecule has 2 rings (SSSR count). The van der Waals surface area contributed by atoms with Crippen LogP contribution in [0.5, 0.6) is 5.75 Å². The van der Waals surface area contributed by atoms with Crippen LogP contribution in [-0.2, 0) is 13.2 Å². The van der Waals surface area contributed by atoms with Crippen LogP contribution in [0, 0.1) is 0 Å². The molecule has 0 radical (unpaired) electrons. The van der Waals surface area contributed by atoms with Crippen molar-refractivity contribution in [1.29, 1.82) is 0 Å². The Morgan fingerprint density at radius 2 is 1.63 bits per heavy atom. The van der Waals surface area contributed by atoms with E-state index in [1.807, 2.05) is 25.2 Å². The maximum absolute atomic E-state index is 5.87. The van der Waals surface area contributed by atoms with E-state index < -0.39 is 0 Å². The van der Waals surface area contributed by atoms with Gasteiger partial charge in [0.15, 0.2) is 0 Å². The molecule has 0 heterocycles. The monoisotopic (exact) mass is 383 g/mol. The second-order valence-electron chi connectivity index (χ2n) is 4.19.